The SMILES string of the molecule is NC(=O)CCC(NC(=O)C(N)CO)C(=O)NC(CC(=O)O)C(=O)NCC(=O)O. The zero-order valence-corrected chi connectivity index (χ0v) is 14.7. The third-order valence-corrected chi connectivity index (χ3v) is 3.27. The van der Waals surface area contributed by atoms with Crippen LogP contribution in [0.25, 0.3) is 0 Å². The monoisotopic (exact) mass is 405 g/mol. The molecule has 3 atom stereocenters. The first-order chi connectivity index (χ1) is 13.0. The van der Waals surface area contributed by atoms with Gasteiger partial charge in [-0.25, -0.2) is 0 Å². The highest BCUT2D eigenvalue weighted by molar-refractivity contribution is 5.95. The smallest absolute Gasteiger partial charge is 0.322 e. The van der Waals surface area contributed by atoms with Gasteiger partial charge in [0.15, 0.2) is 0 Å². The van der Waals surface area contributed by atoms with E-state index in [0.29, 0.717) is 0 Å². The fourth-order valence-electron chi connectivity index (χ4n) is 1.86. The molecule has 4 amide bonds. The van der Waals surface area contributed by atoms with Crippen molar-refractivity contribution < 1.29 is 44.1 Å². The van der Waals surface area contributed by atoms with Crippen LogP contribution in [-0.4, -0.2) is 82.2 Å². The molecule has 14 nitrogen and oxygen atoms in total. The van der Waals surface area contributed by atoms with Crippen molar-refractivity contribution in [2.75, 3.05) is 13.2 Å². The van der Waals surface area contributed by atoms with Crippen molar-refractivity contribution in [3.05, 3.63) is 0 Å². The highest BCUT2D eigenvalue weighted by Gasteiger charge is 2.29. The molecule has 14 heteroatoms. The van der Waals surface area contributed by atoms with Crippen molar-refractivity contribution in [1.29, 1.82) is 0 Å². The summed E-state index contributed by atoms with van der Waals surface area (Å²) in [7, 11) is 0. The highest BCUT2D eigenvalue weighted by atomic mass is 16.4. The van der Waals surface area contributed by atoms with Gasteiger partial charge in [-0.15, -0.1) is 0 Å². The first-order valence-corrected chi connectivity index (χ1v) is 7.94. The van der Waals surface area contributed by atoms with Gasteiger partial charge in [0.05, 0.1) is 13.0 Å². The van der Waals surface area contributed by atoms with Gasteiger partial charge in [0.2, 0.25) is 23.6 Å². The summed E-state index contributed by atoms with van der Waals surface area (Å²) in [5.74, 6) is -6.69. The lowest BCUT2D eigenvalue weighted by molar-refractivity contribution is -0.141. The molecule has 0 bridgehead atoms. The van der Waals surface area contributed by atoms with E-state index < -0.39 is 73.3 Å². The van der Waals surface area contributed by atoms with Gasteiger partial charge in [-0.2, -0.15) is 0 Å². The minimum absolute atomic E-state index is 0.290. The van der Waals surface area contributed by atoms with Crippen LogP contribution in [0.15, 0.2) is 0 Å². The Kier molecular flexibility index (Phi) is 10.8. The van der Waals surface area contributed by atoms with Crippen molar-refractivity contribution in [2.24, 2.45) is 11.5 Å². The van der Waals surface area contributed by atoms with Gasteiger partial charge in [0.1, 0.15) is 24.7 Å². The molecule has 0 heterocycles. The average Bonchev–Trinajstić information content (AvgIpc) is 2.60. The summed E-state index contributed by atoms with van der Waals surface area (Å²) in [5.41, 5.74) is 10.3. The summed E-state index contributed by atoms with van der Waals surface area (Å²) in [6.07, 6.45) is -1.49. The van der Waals surface area contributed by atoms with E-state index in [-0.39, 0.29) is 12.8 Å². The Bertz CT molecular complexity index is 624. The molecular formula is C14H23N5O9. The van der Waals surface area contributed by atoms with Crippen LogP contribution >= 0.6 is 0 Å². The second-order valence-corrected chi connectivity index (χ2v) is 5.63. The number of hydrogen-bond donors (Lipinski definition) is 8. The topological polar surface area (TPSA) is 251 Å². The average molecular weight is 405 g/mol. The van der Waals surface area contributed by atoms with Gasteiger partial charge in [-0.1, -0.05) is 0 Å². The summed E-state index contributed by atoms with van der Waals surface area (Å²) >= 11 is 0. The summed E-state index contributed by atoms with van der Waals surface area (Å²) in [5, 5.41) is 32.4. The Balaban J connectivity index is 5.26. The lowest BCUT2D eigenvalue weighted by Crippen LogP contribution is -2.57. The van der Waals surface area contributed by atoms with Gasteiger partial charge in [0, 0.05) is 6.42 Å². The summed E-state index contributed by atoms with van der Waals surface area (Å²) in [4.78, 5) is 68.4. The molecule has 28 heavy (non-hydrogen) atoms. The summed E-state index contributed by atoms with van der Waals surface area (Å²) < 4.78 is 0. The number of hydrogen-bond acceptors (Lipinski definition) is 8. The number of aliphatic carboxylic acids is 2. The maximum Gasteiger partial charge on any atom is 0.322 e. The van der Waals surface area contributed by atoms with E-state index in [0.717, 1.165) is 0 Å². The summed E-state index contributed by atoms with van der Waals surface area (Å²) in [6.45, 7) is -1.53. The van der Waals surface area contributed by atoms with E-state index in [2.05, 4.69) is 10.6 Å². The Morgan fingerprint density at radius 2 is 1.43 bits per heavy atom. The normalized spacial score (nSPS) is 13.5. The molecular weight excluding hydrogens is 382 g/mol. The first kappa shape index (κ1) is 24.7. The molecule has 0 aliphatic heterocycles. The molecule has 0 aliphatic carbocycles. The molecule has 0 aromatic rings. The van der Waals surface area contributed by atoms with Crippen LogP contribution in [0.4, 0.5) is 0 Å². The zero-order chi connectivity index (χ0) is 21.9. The predicted molar refractivity (Wildman–Crippen MR) is 90.2 cm³/mol. The van der Waals surface area contributed by atoms with E-state index >= 15 is 0 Å². The quantitative estimate of drug-likeness (QED) is 0.145. The zero-order valence-electron chi connectivity index (χ0n) is 14.7. The van der Waals surface area contributed by atoms with Crippen molar-refractivity contribution in [2.45, 2.75) is 37.4 Å². The van der Waals surface area contributed by atoms with Crippen molar-refractivity contribution >= 4 is 35.6 Å². The number of carbonyl (C=O) groups excluding carboxylic acids is 4. The van der Waals surface area contributed by atoms with Gasteiger partial charge >= 0.3 is 11.9 Å². The molecule has 0 aliphatic rings. The van der Waals surface area contributed by atoms with Crippen LogP contribution in [0.1, 0.15) is 19.3 Å². The number of amides is 4. The summed E-state index contributed by atoms with van der Waals surface area (Å²) in [6, 6.07) is -4.43. The maximum atomic E-state index is 12.4. The molecule has 10 N–H and O–H groups in total. The van der Waals surface area contributed by atoms with Crippen molar-refractivity contribution in [3.63, 3.8) is 0 Å². The van der Waals surface area contributed by atoms with E-state index in [4.69, 9.17) is 26.8 Å². The maximum absolute atomic E-state index is 12.4. The van der Waals surface area contributed by atoms with Crippen LogP contribution in [0.5, 0.6) is 0 Å². The molecule has 0 rings (SSSR count). The second kappa shape index (κ2) is 12.2. The van der Waals surface area contributed by atoms with Crippen LogP contribution < -0.4 is 27.4 Å². The largest absolute Gasteiger partial charge is 0.481 e. The number of nitrogens with one attached hydrogen (secondary N) is 3. The minimum atomic E-state index is -1.65. The predicted octanol–water partition coefficient (Wildman–Crippen LogP) is -4.78. The number of aliphatic hydroxyl groups excluding tert-OH is 1. The van der Waals surface area contributed by atoms with Crippen molar-refractivity contribution in [3.8, 4) is 0 Å². The van der Waals surface area contributed by atoms with Crippen LogP contribution in [0, 0.1) is 0 Å². The number of carbonyl (C=O) groups is 6. The van der Waals surface area contributed by atoms with E-state index in [1.54, 1.807) is 0 Å². The molecule has 158 valence electrons. The third-order valence-electron chi connectivity index (χ3n) is 3.27. The first-order valence-electron chi connectivity index (χ1n) is 7.94. The molecule has 0 fully saturated rings. The van der Waals surface area contributed by atoms with Crippen LogP contribution in [-0.2, 0) is 28.8 Å². The molecule has 0 aromatic heterocycles. The minimum Gasteiger partial charge on any atom is -0.481 e. The van der Waals surface area contributed by atoms with E-state index in [1.165, 1.54) is 0 Å². The van der Waals surface area contributed by atoms with Gasteiger partial charge in [0.25, 0.3) is 0 Å². The number of carboxylic acid groups (broad SMARTS) is 2. The Labute approximate surface area is 158 Å². The number of aliphatic hydroxyl groups is 1. The Morgan fingerprint density at radius 3 is 1.89 bits per heavy atom. The molecule has 0 saturated heterocycles. The van der Waals surface area contributed by atoms with Gasteiger partial charge in [-0.3, -0.25) is 28.8 Å². The lowest BCUT2D eigenvalue weighted by atomic mass is 10.1. The van der Waals surface area contributed by atoms with Crippen molar-refractivity contribution in [1.82, 2.24) is 16.0 Å². The Hall–Kier alpha value is -3.26. The van der Waals surface area contributed by atoms with Gasteiger partial charge in [-0.05, 0) is 6.42 Å². The van der Waals surface area contributed by atoms with E-state index in [9.17, 15) is 28.8 Å². The van der Waals surface area contributed by atoms with Crippen LogP contribution in [0.2, 0.25) is 0 Å². The van der Waals surface area contributed by atoms with Gasteiger partial charge < -0.3 is 42.7 Å². The third kappa shape index (κ3) is 10.0. The van der Waals surface area contributed by atoms with E-state index in [1.807, 2.05) is 5.32 Å². The highest BCUT2D eigenvalue weighted by Crippen LogP contribution is 2.01. The fraction of sp³-hybridized carbons (Fsp3) is 0.571. The lowest BCUT2D eigenvalue weighted by Gasteiger charge is -2.23. The molecule has 3 unspecified atom stereocenters. The van der Waals surface area contributed by atoms with Crippen LogP contribution in [0.3, 0.4) is 0 Å². The number of rotatable bonds is 13. The number of nitrogens with two attached hydrogens (primary N) is 2. The number of primary amides is 1. The molecule has 0 aromatic carbocycles. The Morgan fingerprint density at radius 1 is 0.857 bits per heavy atom. The number of carboxylic acids is 2. The molecule has 0 radical (unpaired) electrons. The fourth-order valence-corrected chi connectivity index (χ4v) is 1.86. The second-order valence-electron chi connectivity index (χ2n) is 5.63. The standard InChI is InChI=1S/C14H23N5O9/c15-6(5-20)12(26)18-7(1-2-9(16)21)14(28)19-8(3-10(22)23)13(27)17-4-11(24)25/h6-8,20H,1-5,15H2,(H2,16,21)(H,17,27)(H,18,26)(H,19,28)(H,22,23)(H,24,25). The molecule has 0 saturated carbocycles. The molecule has 0 spiro atoms.